The van der Waals surface area contributed by atoms with Gasteiger partial charge < -0.3 is 10.1 Å². The van der Waals surface area contributed by atoms with E-state index in [0.29, 0.717) is 6.04 Å². The molecule has 2 unspecified atom stereocenters. The molecule has 0 aromatic heterocycles. The predicted octanol–water partition coefficient (Wildman–Crippen LogP) is 2.48. The van der Waals surface area contributed by atoms with Crippen LogP contribution in [0.1, 0.15) is 19.3 Å². The summed E-state index contributed by atoms with van der Waals surface area (Å²) in [5, 5.41) is 3.17. The van der Waals surface area contributed by atoms with Gasteiger partial charge in [0.25, 0.3) is 0 Å². The lowest BCUT2D eigenvalue weighted by atomic mass is 10.2. The van der Waals surface area contributed by atoms with Crippen molar-refractivity contribution in [1.29, 1.82) is 0 Å². The maximum atomic E-state index is 12.9. The van der Waals surface area contributed by atoms with Gasteiger partial charge in [-0.05, 0) is 26.3 Å². The van der Waals surface area contributed by atoms with Crippen molar-refractivity contribution in [3.63, 3.8) is 0 Å². The van der Waals surface area contributed by atoms with Crippen molar-refractivity contribution >= 4 is 0 Å². The highest BCUT2D eigenvalue weighted by molar-refractivity contribution is 5.24. The van der Waals surface area contributed by atoms with Gasteiger partial charge in [-0.2, -0.15) is 0 Å². The zero-order valence-corrected chi connectivity index (χ0v) is 9.17. The van der Waals surface area contributed by atoms with Gasteiger partial charge in [0.15, 0.2) is 0 Å². The Labute approximate surface area is 93.6 Å². The molecule has 2 rings (SSSR count). The van der Waals surface area contributed by atoms with Gasteiger partial charge in [-0.1, -0.05) is 0 Å². The largest absolute Gasteiger partial charge is 0.490 e. The van der Waals surface area contributed by atoms with Gasteiger partial charge >= 0.3 is 0 Å². The van der Waals surface area contributed by atoms with E-state index >= 15 is 0 Å². The lowest BCUT2D eigenvalue weighted by Gasteiger charge is -2.14. The molecule has 1 saturated carbocycles. The molecule has 16 heavy (non-hydrogen) atoms. The summed E-state index contributed by atoms with van der Waals surface area (Å²) in [4.78, 5) is 0. The number of rotatable bonds is 3. The minimum absolute atomic E-state index is 0.0543. The molecule has 0 radical (unpaired) electrons. The topological polar surface area (TPSA) is 21.3 Å². The summed E-state index contributed by atoms with van der Waals surface area (Å²) in [6.07, 6.45) is 2.90. The highest BCUT2D eigenvalue weighted by Gasteiger charge is 2.24. The molecule has 0 amide bonds. The second kappa shape index (κ2) is 4.78. The van der Waals surface area contributed by atoms with E-state index in [4.69, 9.17) is 4.74 Å². The van der Waals surface area contributed by atoms with E-state index in [-0.39, 0.29) is 11.9 Å². The summed E-state index contributed by atoms with van der Waals surface area (Å²) in [6.45, 7) is 0. The summed E-state index contributed by atoms with van der Waals surface area (Å²) in [5.41, 5.74) is 0. The van der Waals surface area contributed by atoms with Crippen LogP contribution in [0.25, 0.3) is 0 Å². The van der Waals surface area contributed by atoms with E-state index in [1.807, 2.05) is 7.05 Å². The van der Waals surface area contributed by atoms with Crippen LogP contribution in [0.5, 0.6) is 5.75 Å². The summed E-state index contributed by atoms with van der Waals surface area (Å²) in [7, 11) is 1.91. The van der Waals surface area contributed by atoms with Gasteiger partial charge in [0.05, 0.1) is 0 Å². The SMILES string of the molecule is CNC1CCC(Oc2cc(F)cc(F)c2)C1. The summed E-state index contributed by atoms with van der Waals surface area (Å²) in [5.74, 6) is -0.921. The van der Waals surface area contributed by atoms with Crippen LogP contribution in [0.15, 0.2) is 18.2 Å². The van der Waals surface area contributed by atoms with Crippen molar-refractivity contribution in [2.24, 2.45) is 0 Å². The van der Waals surface area contributed by atoms with Crippen molar-refractivity contribution in [1.82, 2.24) is 5.32 Å². The van der Waals surface area contributed by atoms with Crippen molar-refractivity contribution in [3.8, 4) is 5.75 Å². The molecule has 0 heterocycles. The summed E-state index contributed by atoms with van der Waals surface area (Å²) >= 11 is 0. The second-order valence-electron chi connectivity index (χ2n) is 4.14. The van der Waals surface area contributed by atoms with Crippen molar-refractivity contribution in [2.45, 2.75) is 31.4 Å². The van der Waals surface area contributed by atoms with Crippen LogP contribution in [-0.4, -0.2) is 19.2 Å². The molecule has 1 fully saturated rings. The number of benzene rings is 1. The fourth-order valence-electron chi connectivity index (χ4n) is 2.10. The molecule has 1 aromatic carbocycles. The minimum atomic E-state index is -0.599. The van der Waals surface area contributed by atoms with Gasteiger partial charge in [-0.25, -0.2) is 8.78 Å². The predicted molar refractivity (Wildman–Crippen MR) is 57.5 cm³/mol. The average molecular weight is 227 g/mol. The molecule has 1 aliphatic rings. The first-order valence-corrected chi connectivity index (χ1v) is 5.47. The van der Waals surface area contributed by atoms with Gasteiger partial charge in [-0.3, -0.25) is 0 Å². The zero-order valence-electron chi connectivity index (χ0n) is 9.17. The third-order valence-electron chi connectivity index (χ3n) is 2.93. The van der Waals surface area contributed by atoms with E-state index in [1.165, 1.54) is 12.1 Å². The number of nitrogens with one attached hydrogen (secondary N) is 1. The van der Waals surface area contributed by atoms with Crippen LogP contribution < -0.4 is 10.1 Å². The van der Waals surface area contributed by atoms with Crippen molar-refractivity contribution < 1.29 is 13.5 Å². The number of ether oxygens (including phenoxy) is 1. The smallest absolute Gasteiger partial charge is 0.129 e. The van der Waals surface area contributed by atoms with Gasteiger partial charge in [0, 0.05) is 24.2 Å². The standard InChI is InChI=1S/C12H15F2NO/c1-15-10-2-3-11(7-10)16-12-5-8(13)4-9(14)6-12/h4-6,10-11,15H,2-3,7H2,1H3. The molecule has 0 saturated heterocycles. The van der Waals surface area contributed by atoms with Crippen molar-refractivity contribution in [3.05, 3.63) is 29.8 Å². The first-order chi connectivity index (χ1) is 7.67. The number of hydrogen-bond donors (Lipinski definition) is 1. The Balaban J connectivity index is 1.99. The van der Waals surface area contributed by atoms with E-state index in [1.54, 1.807) is 0 Å². The Morgan fingerprint density at radius 2 is 1.88 bits per heavy atom. The molecule has 1 aromatic rings. The molecule has 2 atom stereocenters. The molecule has 0 aliphatic heterocycles. The minimum Gasteiger partial charge on any atom is -0.490 e. The molecule has 2 nitrogen and oxygen atoms in total. The van der Waals surface area contributed by atoms with Crippen LogP contribution in [0.2, 0.25) is 0 Å². The van der Waals surface area contributed by atoms with Gasteiger partial charge in [-0.15, -0.1) is 0 Å². The highest BCUT2D eigenvalue weighted by atomic mass is 19.1. The van der Waals surface area contributed by atoms with Crippen LogP contribution in [0, 0.1) is 11.6 Å². The molecule has 4 heteroatoms. The number of halogens is 2. The fraction of sp³-hybridized carbons (Fsp3) is 0.500. The zero-order chi connectivity index (χ0) is 11.5. The Kier molecular flexibility index (Phi) is 3.39. The Morgan fingerprint density at radius 1 is 1.19 bits per heavy atom. The monoisotopic (exact) mass is 227 g/mol. The van der Waals surface area contributed by atoms with Gasteiger partial charge in [0.1, 0.15) is 23.5 Å². The summed E-state index contributed by atoms with van der Waals surface area (Å²) < 4.78 is 31.4. The fourth-order valence-corrected chi connectivity index (χ4v) is 2.10. The molecule has 0 bridgehead atoms. The Bertz CT molecular complexity index is 350. The lowest BCUT2D eigenvalue weighted by molar-refractivity contribution is 0.205. The van der Waals surface area contributed by atoms with Gasteiger partial charge in [0.2, 0.25) is 0 Å². The molecular formula is C12H15F2NO. The molecular weight excluding hydrogens is 212 g/mol. The molecule has 0 spiro atoms. The lowest BCUT2D eigenvalue weighted by Crippen LogP contribution is -2.23. The molecule has 88 valence electrons. The van der Waals surface area contributed by atoms with E-state index in [0.717, 1.165) is 25.3 Å². The van der Waals surface area contributed by atoms with E-state index < -0.39 is 11.6 Å². The van der Waals surface area contributed by atoms with E-state index in [9.17, 15) is 8.78 Å². The first kappa shape index (κ1) is 11.3. The quantitative estimate of drug-likeness (QED) is 0.856. The average Bonchev–Trinajstić information content (AvgIpc) is 2.64. The second-order valence-corrected chi connectivity index (χ2v) is 4.14. The van der Waals surface area contributed by atoms with Crippen LogP contribution in [0.3, 0.4) is 0 Å². The van der Waals surface area contributed by atoms with Crippen molar-refractivity contribution in [2.75, 3.05) is 7.05 Å². The third-order valence-corrected chi connectivity index (χ3v) is 2.93. The van der Waals surface area contributed by atoms with Crippen LogP contribution in [0.4, 0.5) is 8.78 Å². The summed E-state index contributed by atoms with van der Waals surface area (Å²) in [6, 6.07) is 3.73. The van der Waals surface area contributed by atoms with Crippen LogP contribution in [-0.2, 0) is 0 Å². The highest BCUT2D eigenvalue weighted by Crippen LogP contribution is 2.25. The maximum absolute atomic E-state index is 12.9. The number of hydrogen-bond acceptors (Lipinski definition) is 2. The Hall–Kier alpha value is -1.16. The van der Waals surface area contributed by atoms with E-state index in [2.05, 4.69) is 5.32 Å². The molecule has 1 N–H and O–H groups in total. The normalized spacial score (nSPS) is 24.7. The van der Waals surface area contributed by atoms with Crippen LogP contribution >= 0.6 is 0 Å². The first-order valence-electron chi connectivity index (χ1n) is 5.47. The maximum Gasteiger partial charge on any atom is 0.129 e. The molecule has 1 aliphatic carbocycles. The Morgan fingerprint density at radius 3 is 2.44 bits per heavy atom. The third kappa shape index (κ3) is 2.70.